The first-order valence-electron chi connectivity index (χ1n) is 8.38. The van der Waals surface area contributed by atoms with E-state index in [1.54, 1.807) is 0 Å². The number of benzene rings is 1. The van der Waals surface area contributed by atoms with Crippen molar-refractivity contribution in [3.05, 3.63) is 30.0 Å². The van der Waals surface area contributed by atoms with E-state index in [4.69, 9.17) is 16.2 Å². The summed E-state index contributed by atoms with van der Waals surface area (Å²) in [5, 5.41) is 3.82. The molecule has 0 unspecified atom stereocenters. The van der Waals surface area contributed by atoms with Crippen LogP contribution in [-0.4, -0.2) is 29.6 Å². The van der Waals surface area contributed by atoms with E-state index in [-0.39, 0.29) is 24.6 Å². The Morgan fingerprint density at radius 3 is 2.79 bits per heavy atom. The lowest BCUT2D eigenvalue weighted by atomic mass is 9.93. The molecule has 5 N–H and O–H groups in total. The van der Waals surface area contributed by atoms with Crippen LogP contribution in [0.4, 0.5) is 5.69 Å². The van der Waals surface area contributed by atoms with Gasteiger partial charge in [-0.2, -0.15) is 0 Å². The van der Waals surface area contributed by atoms with Gasteiger partial charge in [0.05, 0.1) is 23.6 Å². The van der Waals surface area contributed by atoms with E-state index < -0.39 is 0 Å². The minimum absolute atomic E-state index is 0.0398. The van der Waals surface area contributed by atoms with E-state index in [2.05, 4.69) is 10.3 Å². The van der Waals surface area contributed by atoms with Crippen LogP contribution in [0.25, 0.3) is 10.9 Å². The highest BCUT2D eigenvalue weighted by Gasteiger charge is 2.24. The monoisotopic (exact) mass is 328 g/mol. The lowest BCUT2D eigenvalue weighted by Crippen LogP contribution is -2.42. The van der Waals surface area contributed by atoms with Gasteiger partial charge in [0.2, 0.25) is 5.91 Å². The van der Waals surface area contributed by atoms with Gasteiger partial charge in [-0.25, -0.2) is 0 Å². The summed E-state index contributed by atoms with van der Waals surface area (Å²) in [5.41, 5.74) is 14.0. The van der Waals surface area contributed by atoms with E-state index in [0.29, 0.717) is 5.69 Å². The summed E-state index contributed by atoms with van der Waals surface area (Å²) in [6, 6.07) is 7.90. The molecule has 1 aromatic heterocycles. The molecule has 1 fully saturated rings. The molecule has 2 aromatic rings. The predicted octanol–water partition coefficient (Wildman–Crippen LogP) is 1.89. The zero-order valence-electron chi connectivity index (χ0n) is 13.9. The maximum absolute atomic E-state index is 11.4. The molecular weight excluding hydrogens is 304 g/mol. The molecule has 1 aliphatic carbocycles. The summed E-state index contributed by atoms with van der Waals surface area (Å²) in [7, 11) is 0. The topological polar surface area (TPSA) is 103 Å². The summed E-state index contributed by atoms with van der Waals surface area (Å²) in [4.78, 5) is 15.9. The number of nitrogens with one attached hydrogen (secondary N) is 1. The van der Waals surface area contributed by atoms with E-state index in [9.17, 15) is 4.79 Å². The minimum Gasteiger partial charge on any atom is -0.490 e. The van der Waals surface area contributed by atoms with Crippen LogP contribution in [-0.2, 0) is 4.79 Å². The molecule has 1 saturated carbocycles. The van der Waals surface area contributed by atoms with Crippen molar-refractivity contribution in [2.45, 2.75) is 44.8 Å². The normalized spacial score (nSPS) is 20.8. The van der Waals surface area contributed by atoms with Crippen LogP contribution in [0.5, 0.6) is 5.75 Å². The number of nitrogen functional groups attached to an aromatic ring is 1. The number of nitrogens with zero attached hydrogens (tertiary/aromatic N) is 1. The van der Waals surface area contributed by atoms with Gasteiger partial charge in [-0.15, -0.1) is 0 Å². The lowest BCUT2D eigenvalue weighted by molar-refractivity contribution is -0.120. The first-order chi connectivity index (χ1) is 11.6. The maximum atomic E-state index is 11.4. The number of amides is 1. The van der Waals surface area contributed by atoms with Crippen molar-refractivity contribution in [1.29, 1.82) is 0 Å². The van der Waals surface area contributed by atoms with Gasteiger partial charge in [0.1, 0.15) is 5.75 Å². The van der Waals surface area contributed by atoms with E-state index in [1.165, 1.54) is 0 Å². The summed E-state index contributed by atoms with van der Waals surface area (Å²) in [6.45, 7) is 1.97. The number of pyridine rings is 1. The third-order valence-corrected chi connectivity index (χ3v) is 4.47. The van der Waals surface area contributed by atoms with Crippen LogP contribution in [0.15, 0.2) is 24.3 Å². The molecule has 3 rings (SSSR count). The van der Waals surface area contributed by atoms with Crippen LogP contribution in [0.2, 0.25) is 0 Å². The van der Waals surface area contributed by atoms with Gasteiger partial charge in [-0.1, -0.05) is 6.07 Å². The Kier molecular flexibility index (Phi) is 4.85. The number of hydrogen-bond acceptors (Lipinski definition) is 5. The largest absolute Gasteiger partial charge is 0.490 e. The van der Waals surface area contributed by atoms with Crippen LogP contribution in [0.3, 0.4) is 0 Å². The Hall–Kier alpha value is -2.34. The highest BCUT2D eigenvalue weighted by atomic mass is 16.5. The van der Waals surface area contributed by atoms with Crippen molar-refractivity contribution < 1.29 is 9.53 Å². The molecular formula is C18H24N4O2. The van der Waals surface area contributed by atoms with Crippen molar-refractivity contribution in [3.8, 4) is 5.75 Å². The Morgan fingerprint density at radius 1 is 1.33 bits per heavy atom. The first kappa shape index (κ1) is 16.5. The van der Waals surface area contributed by atoms with Crippen molar-refractivity contribution in [2.24, 2.45) is 5.73 Å². The molecule has 6 nitrogen and oxygen atoms in total. The molecule has 0 saturated heterocycles. The van der Waals surface area contributed by atoms with Crippen molar-refractivity contribution in [2.75, 3.05) is 12.3 Å². The molecule has 1 amide bonds. The Labute approximate surface area is 141 Å². The average molecular weight is 328 g/mol. The van der Waals surface area contributed by atoms with Gasteiger partial charge in [-0.05, 0) is 50.8 Å². The smallest absolute Gasteiger partial charge is 0.233 e. The zero-order valence-corrected chi connectivity index (χ0v) is 13.9. The number of ether oxygens (including phenoxy) is 1. The molecule has 24 heavy (non-hydrogen) atoms. The second kappa shape index (κ2) is 7.05. The fraction of sp³-hybridized carbons (Fsp3) is 0.444. The Morgan fingerprint density at radius 2 is 2.08 bits per heavy atom. The van der Waals surface area contributed by atoms with Crippen LogP contribution in [0, 0.1) is 6.92 Å². The summed E-state index contributed by atoms with van der Waals surface area (Å²) in [5.74, 6) is 0.689. The van der Waals surface area contributed by atoms with Crippen molar-refractivity contribution in [3.63, 3.8) is 0 Å². The molecule has 6 heteroatoms. The van der Waals surface area contributed by atoms with E-state index >= 15 is 0 Å². The summed E-state index contributed by atoms with van der Waals surface area (Å²) >= 11 is 0. The molecule has 1 aliphatic rings. The van der Waals surface area contributed by atoms with Gasteiger partial charge in [0.15, 0.2) is 0 Å². The number of carbonyl (C=O) groups excluding carboxylic acids is 1. The second-order valence-electron chi connectivity index (χ2n) is 6.37. The molecule has 0 bridgehead atoms. The fourth-order valence-corrected chi connectivity index (χ4v) is 3.31. The van der Waals surface area contributed by atoms with Gasteiger partial charge in [-0.3, -0.25) is 9.78 Å². The van der Waals surface area contributed by atoms with E-state index in [1.807, 2.05) is 31.2 Å². The molecule has 1 aromatic carbocycles. The van der Waals surface area contributed by atoms with E-state index in [0.717, 1.165) is 48.0 Å². The number of carbonyl (C=O) groups is 1. The summed E-state index contributed by atoms with van der Waals surface area (Å²) < 4.78 is 6.21. The van der Waals surface area contributed by atoms with Crippen LogP contribution < -0.4 is 21.5 Å². The number of anilines is 1. The third kappa shape index (κ3) is 3.59. The third-order valence-electron chi connectivity index (χ3n) is 4.47. The molecule has 128 valence electrons. The lowest BCUT2D eigenvalue weighted by Gasteiger charge is -2.29. The van der Waals surface area contributed by atoms with Crippen molar-refractivity contribution in [1.82, 2.24) is 10.3 Å². The molecule has 1 heterocycles. The van der Waals surface area contributed by atoms with Crippen LogP contribution >= 0.6 is 0 Å². The first-order valence-corrected chi connectivity index (χ1v) is 8.38. The zero-order chi connectivity index (χ0) is 17.1. The SMILES string of the molecule is Cc1cc(N)c2c(OC3CCC(NC(=O)CN)CC3)cccc2n1. The molecule has 0 atom stereocenters. The van der Waals surface area contributed by atoms with Gasteiger partial charge < -0.3 is 21.5 Å². The van der Waals surface area contributed by atoms with Gasteiger partial charge in [0.25, 0.3) is 0 Å². The second-order valence-corrected chi connectivity index (χ2v) is 6.37. The van der Waals surface area contributed by atoms with Crippen molar-refractivity contribution >= 4 is 22.5 Å². The number of aryl methyl sites for hydroxylation is 1. The molecule has 0 radical (unpaired) electrons. The molecule has 0 aliphatic heterocycles. The Balaban J connectivity index is 1.70. The number of rotatable bonds is 4. The maximum Gasteiger partial charge on any atom is 0.233 e. The number of hydrogen-bond donors (Lipinski definition) is 3. The average Bonchev–Trinajstić information content (AvgIpc) is 2.56. The number of nitrogens with two attached hydrogens (primary N) is 2. The number of aromatic nitrogens is 1. The van der Waals surface area contributed by atoms with Gasteiger partial charge in [0, 0.05) is 17.4 Å². The standard InChI is InChI=1S/C18H24N4O2/c1-11-9-14(20)18-15(21-11)3-2-4-16(18)24-13-7-5-12(6-8-13)22-17(23)10-19/h2-4,9,12-13H,5-8,10,19H2,1H3,(H2,20,21)(H,22,23). The predicted molar refractivity (Wildman–Crippen MR) is 94.8 cm³/mol. The van der Waals surface area contributed by atoms with Crippen LogP contribution in [0.1, 0.15) is 31.4 Å². The quantitative estimate of drug-likeness (QED) is 0.795. The Bertz CT molecular complexity index is 739. The fourth-order valence-electron chi connectivity index (χ4n) is 3.31. The highest BCUT2D eigenvalue weighted by Crippen LogP contribution is 2.33. The summed E-state index contributed by atoms with van der Waals surface area (Å²) in [6.07, 6.45) is 3.71. The van der Waals surface area contributed by atoms with Gasteiger partial charge >= 0.3 is 0 Å². The number of fused-ring (bicyclic) bond motifs is 1. The minimum atomic E-state index is -0.0948. The molecule has 0 spiro atoms. The highest BCUT2D eigenvalue weighted by molar-refractivity contribution is 5.95.